The molecule has 0 atom stereocenters. The predicted molar refractivity (Wildman–Crippen MR) is 80.3 cm³/mol. The van der Waals surface area contributed by atoms with Gasteiger partial charge in [-0.05, 0) is 17.2 Å². The maximum atomic E-state index is 6.05. The molecule has 0 aromatic heterocycles. The first kappa shape index (κ1) is 12.7. The fourth-order valence-electron chi connectivity index (χ4n) is 2.61. The molecule has 0 fully saturated rings. The summed E-state index contributed by atoms with van der Waals surface area (Å²) in [5.41, 5.74) is 10.5. The van der Waals surface area contributed by atoms with Gasteiger partial charge in [-0.15, -0.1) is 0 Å². The molecule has 4 heteroatoms. The maximum Gasteiger partial charge on any atom is 0.124 e. The number of hydrogen-bond donors (Lipinski definition) is 1. The van der Waals surface area contributed by atoms with Crippen molar-refractivity contribution in [3.63, 3.8) is 0 Å². The van der Waals surface area contributed by atoms with Crippen LogP contribution >= 0.6 is 0 Å². The van der Waals surface area contributed by atoms with Crippen molar-refractivity contribution in [3.8, 4) is 11.5 Å². The summed E-state index contributed by atoms with van der Waals surface area (Å²) in [5, 5.41) is 0. The highest BCUT2D eigenvalue weighted by atomic mass is 16.5. The van der Waals surface area contributed by atoms with E-state index in [0.29, 0.717) is 0 Å². The van der Waals surface area contributed by atoms with Crippen LogP contribution in [0, 0.1) is 0 Å². The molecule has 0 spiro atoms. The molecule has 0 aliphatic carbocycles. The molecule has 0 saturated carbocycles. The molecule has 0 radical (unpaired) electrons. The summed E-state index contributed by atoms with van der Waals surface area (Å²) < 4.78 is 10.7. The number of nitrogens with zero attached hydrogens (tertiary/aromatic N) is 1. The third kappa shape index (κ3) is 2.13. The summed E-state index contributed by atoms with van der Waals surface area (Å²) in [6.45, 7) is 1.68. The van der Waals surface area contributed by atoms with Crippen LogP contribution in [-0.2, 0) is 13.1 Å². The molecule has 2 aromatic rings. The quantitative estimate of drug-likeness (QED) is 0.871. The van der Waals surface area contributed by atoms with Gasteiger partial charge in [-0.2, -0.15) is 0 Å². The molecular weight excluding hydrogens is 252 g/mol. The number of nitrogen functional groups attached to an aromatic ring is 1. The van der Waals surface area contributed by atoms with E-state index in [1.807, 2.05) is 30.3 Å². The first-order valence-electron chi connectivity index (χ1n) is 6.55. The number of benzene rings is 2. The minimum Gasteiger partial charge on any atom is -0.497 e. The molecule has 0 unspecified atom stereocenters. The van der Waals surface area contributed by atoms with Crippen molar-refractivity contribution in [3.05, 3.63) is 47.5 Å². The summed E-state index contributed by atoms with van der Waals surface area (Å²) >= 11 is 0. The SMILES string of the molecule is COc1cc(OC)cc(N2Cc3cccc(N)c3C2)c1. The largest absolute Gasteiger partial charge is 0.497 e. The molecular formula is C16H18N2O2. The van der Waals surface area contributed by atoms with E-state index in [1.54, 1.807) is 14.2 Å². The standard InChI is InChI=1S/C16H18N2O2/c1-19-13-6-12(7-14(8-13)20-2)18-9-11-4-3-5-16(17)15(11)10-18/h3-8H,9-10,17H2,1-2H3. The zero-order chi connectivity index (χ0) is 14.1. The second-order valence-corrected chi connectivity index (χ2v) is 4.91. The third-order valence-electron chi connectivity index (χ3n) is 3.72. The Morgan fingerprint density at radius 3 is 2.30 bits per heavy atom. The van der Waals surface area contributed by atoms with E-state index in [-0.39, 0.29) is 0 Å². The van der Waals surface area contributed by atoms with E-state index in [4.69, 9.17) is 15.2 Å². The molecule has 0 saturated heterocycles. The van der Waals surface area contributed by atoms with Gasteiger partial charge in [0.15, 0.2) is 0 Å². The van der Waals surface area contributed by atoms with E-state index < -0.39 is 0 Å². The van der Waals surface area contributed by atoms with Crippen molar-refractivity contribution in [1.29, 1.82) is 0 Å². The van der Waals surface area contributed by atoms with Crippen LogP contribution in [0.25, 0.3) is 0 Å². The summed E-state index contributed by atoms with van der Waals surface area (Å²) in [6.07, 6.45) is 0. The van der Waals surface area contributed by atoms with Crippen LogP contribution in [0.4, 0.5) is 11.4 Å². The Morgan fingerprint density at radius 2 is 1.70 bits per heavy atom. The number of nitrogens with two attached hydrogens (primary N) is 1. The van der Waals surface area contributed by atoms with Gasteiger partial charge in [0.05, 0.1) is 14.2 Å². The summed E-state index contributed by atoms with van der Waals surface area (Å²) in [6, 6.07) is 12.0. The molecule has 1 aliphatic rings. The summed E-state index contributed by atoms with van der Waals surface area (Å²) in [4.78, 5) is 2.27. The normalized spacial score (nSPS) is 13.2. The Kier molecular flexibility index (Phi) is 3.14. The molecule has 4 nitrogen and oxygen atoms in total. The first-order chi connectivity index (χ1) is 9.71. The van der Waals surface area contributed by atoms with Crippen molar-refractivity contribution >= 4 is 11.4 Å². The molecule has 2 N–H and O–H groups in total. The second-order valence-electron chi connectivity index (χ2n) is 4.91. The van der Waals surface area contributed by atoms with E-state index >= 15 is 0 Å². The van der Waals surface area contributed by atoms with Gasteiger partial charge in [0, 0.05) is 42.7 Å². The number of anilines is 2. The van der Waals surface area contributed by atoms with Crippen LogP contribution in [0.15, 0.2) is 36.4 Å². The Bertz CT molecular complexity index is 618. The van der Waals surface area contributed by atoms with Crippen LogP contribution < -0.4 is 20.1 Å². The molecule has 0 amide bonds. The van der Waals surface area contributed by atoms with Crippen LogP contribution in [0.3, 0.4) is 0 Å². The fourth-order valence-corrected chi connectivity index (χ4v) is 2.61. The lowest BCUT2D eigenvalue weighted by atomic mass is 10.1. The number of methoxy groups -OCH3 is 2. The highest BCUT2D eigenvalue weighted by Crippen LogP contribution is 2.35. The van der Waals surface area contributed by atoms with Gasteiger partial charge >= 0.3 is 0 Å². The Hall–Kier alpha value is -2.36. The molecule has 0 bridgehead atoms. The topological polar surface area (TPSA) is 47.7 Å². The fraction of sp³-hybridized carbons (Fsp3) is 0.250. The molecule has 2 aromatic carbocycles. The van der Waals surface area contributed by atoms with Gasteiger partial charge in [-0.3, -0.25) is 0 Å². The smallest absolute Gasteiger partial charge is 0.124 e. The van der Waals surface area contributed by atoms with Gasteiger partial charge in [0.25, 0.3) is 0 Å². The third-order valence-corrected chi connectivity index (χ3v) is 3.72. The van der Waals surface area contributed by atoms with Crippen molar-refractivity contribution in [1.82, 2.24) is 0 Å². The zero-order valence-corrected chi connectivity index (χ0v) is 11.7. The van der Waals surface area contributed by atoms with Gasteiger partial charge in [0.2, 0.25) is 0 Å². The molecule has 1 heterocycles. The maximum absolute atomic E-state index is 6.05. The van der Waals surface area contributed by atoms with Crippen molar-refractivity contribution in [2.45, 2.75) is 13.1 Å². The van der Waals surface area contributed by atoms with Crippen molar-refractivity contribution in [2.75, 3.05) is 24.9 Å². The number of fused-ring (bicyclic) bond motifs is 1. The van der Waals surface area contributed by atoms with Crippen LogP contribution in [0.5, 0.6) is 11.5 Å². The molecule has 1 aliphatic heterocycles. The molecule has 3 rings (SSSR count). The van der Waals surface area contributed by atoms with Crippen molar-refractivity contribution < 1.29 is 9.47 Å². The van der Waals surface area contributed by atoms with E-state index in [9.17, 15) is 0 Å². The lowest BCUT2D eigenvalue weighted by Gasteiger charge is -2.19. The lowest BCUT2D eigenvalue weighted by Crippen LogP contribution is -2.14. The minimum absolute atomic E-state index is 0.795. The molecule has 20 heavy (non-hydrogen) atoms. The monoisotopic (exact) mass is 270 g/mol. The zero-order valence-electron chi connectivity index (χ0n) is 11.7. The van der Waals surface area contributed by atoms with E-state index in [2.05, 4.69) is 11.0 Å². The van der Waals surface area contributed by atoms with Crippen LogP contribution in [0.2, 0.25) is 0 Å². The van der Waals surface area contributed by atoms with Gasteiger partial charge in [0.1, 0.15) is 11.5 Å². The minimum atomic E-state index is 0.795. The van der Waals surface area contributed by atoms with E-state index in [1.165, 1.54) is 11.1 Å². The Balaban J connectivity index is 1.94. The summed E-state index contributed by atoms with van der Waals surface area (Å²) in [7, 11) is 3.32. The highest BCUT2D eigenvalue weighted by Gasteiger charge is 2.21. The number of rotatable bonds is 3. The Morgan fingerprint density at radius 1 is 1.00 bits per heavy atom. The van der Waals surface area contributed by atoms with Crippen molar-refractivity contribution in [2.24, 2.45) is 0 Å². The van der Waals surface area contributed by atoms with Gasteiger partial charge < -0.3 is 20.1 Å². The highest BCUT2D eigenvalue weighted by molar-refractivity contribution is 5.62. The molecule has 104 valence electrons. The van der Waals surface area contributed by atoms with Gasteiger partial charge in [-0.1, -0.05) is 12.1 Å². The number of hydrogen-bond acceptors (Lipinski definition) is 4. The predicted octanol–water partition coefficient (Wildman–Crippen LogP) is 2.81. The Labute approximate surface area is 118 Å². The average Bonchev–Trinajstić information content (AvgIpc) is 2.92. The van der Waals surface area contributed by atoms with Crippen LogP contribution in [0.1, 0.15) is 11.1 Å². The van der Waals surface area contributed by atoms with Gasteiger partial charge in [-0.25, -0.2) is 0 Å². The number of ether oxygens (including phenoxy) is 2. The first-order valence-corrected chi connectivity index (χ1v) is 6.55. The van der Waals surface area contributed by atoms with E-state index in [0.717, 1.165) is 36.0 Å². The van der Waals surface area contributed by atoms with Crippen LogP contribution in [-0.4, -0.2) is 14.2 Å². The average molecular weight is 270 g/mol. The summed E-state index contributed by atoms with van der Waals surface area (Å²) in [5.74, 6) is 1.59. The second kappa shape index (κ2) is 4.96. The lowest BCUT2D eigenvalue weighted by molar-refractivity contribution is 0.394.